The molecule has 9 aromatic carbocycles. The maximum Gasteiger partial charge on any atom is 0.0537 e. The molecule has 65 heavy (non-hydrogen) atoms. The topological polar surface area (TPSA) is 4.93 Å². The highest BCUT2D eigenvalue weighted by Crippen LogP contribution is 2.44. The fourth-order valence-corrected chi connectivity index (χ4v) is 11.2. The Kier molecular flexibility index (Phi) is 9.96. The number of nitrogens with zero attached hydrogens (tertiary/aromatic N) is 1. The first-order valence-corrected chi connectivity index (χ1v) is 23.8. The first kappa shape index (κ1) is 39.1. The molecule has 0 aliphatic heterocycles. The summed E-state index contributed by atoms with van der Waals surface area (Å²) in [5.41, 5.74) is 22.2. The quantitative estimate of drug-likeness (QED) is 0.157. The van der Waals surface area contributed by atoms with Crippen molar-refractivity contribution in [3.05, 3.63) is 240 Å². The van der Waals surface area contributed by atoms with Crippen molar-refractivity contribution in [2.24, 2.45) is 0 Å². The summed E-state index contributed by atoms with van der Waals surface area (Å²) in [4.78, 5) is 0. The molecule has 2 heteroatoms. The van der Waals surface area contributed by atoms with Gasteiger partial charge >= 0.3 is 0 Å². The molecule has 0 radical (unpaired) electrons. The van der Waals surface area contributed by atoms with Gasteiger partial charge in [0.15, 0.2) is 0 Å². The highest BCUT2D eigenvalue weighted by Gasteiger charge is 2.21. The Morgan fingerprint density at radius 1 is 0.446 bits per heavy atom. The summed E-state index contributed by atoms with van der Waals surface area (Å²) in [6.07, 6.45) is 8.93. The van der Waals surface area contributed by atoms with Crippen molar-refractivity contribution in [1.82, 2.24) is 4.57 Å². The molecule has 0 saturated carbocycles. The Labute approximate surface area is 385 Å². The lowest BCUT2D eigenvalue weighted by molar-refractivity contribution is 0.968. The van der Waals surface area contributed by atoms with E-state index in [9.17, 15) is 0 Å². The van der Waals surface area contributed by atoms with Crippen molar-refractivity contribution in [2.45, 2.75) is 32.6 Å². The summed E-state index contributed by atoms with van der Waals surface area (Å²) >= 11 is 1.88. The number of fused-ring (bicyclic) bond motifs is 9. The third-order valence-corrected chi connectivity index (χ3v) is 14.7. The van der Waals surface area contributed by atoms with E-state index in [2.05, 4.69) is 224 Å². The second-order valence-corrected chi connectivity index (χ2v) is 18.5. The molecule has 0 amide bonds. The van der Waals surface area contributed by atoms with E-state index >= 15 is 0 Å². The third-order valence-electron chi connectivity index (χ3n) is 13.5. The number of aromatic nitrogens is 1. The van der Waals surface area contributed by atoms with Crippen LogP contribution in [0.2, 0.25) is 0 Å². The molecule has 0 unspecified atom stereocenters. The molecular formula is C63H47NS. The fourth-order valence-electron chi connectivity index (χ4n) is 10.2. The van der Waals surface area contributed by atoms with E-state index in [1.165, 1.54) is 120 Å². The smallest absolute Gasteiger partial charge is 0.0537 e. The molecule has 11 aromatic rings. The van der Waals surface area contributed by atoms with Crippen LogP contribution in [0.1, 0.15) is 41.3 Å². The highest BCUT2D eigenvalue weighted by atomic mass is 32.1. The van der Waals surface area contributed by atoms with E-state index in [1.807, 2.05) is 17.4 Å². The predicted octanol–water partition coefficient (Wildman–Crippen LogP) is 17.4. The van der Waals surface area contributed by atoms with E-state index in [4.69, 9.17) is 0 Å². The minimum atomic E-state index is 0.974. The lowest BCUT2D eigenvalue weighted by Crippen LogP contribution is -2.00. The van der Waals surface area contributed by atoms with Crippen molar-refractivity contribution in [2.75, 3.05) is 0 Å². The molecular weight excluding hydrogens is 803 g/mol. The van der Waals surface area contributed by atoms with Crippen LogP contribution in [-0.2, 0) is 19.3 Å². The first-order chi connectivity index (χ1) is 32.1. The van der Waals surface area contributed by atoms with Crippen LogP contribution in [0.4, 0.5) is 0 Å². The van der Waals surface area contributed by atoms with E-state index in [-0.39, 0.29) is 0 Å². The highest BCUT2D eigenvalue weighted by molar-refractivity contribution is 7.25. The molecule has 2 heterocycles. The van der Waals surface area contributed by atoms with Gasteiger partial charge in [0.2, 0.25) is 0 Å². The fraction of sp³-hybridized carbons (Fsp3) is 0.0794. The van der Waals surface area contributed by atoms with Crippen LogP contribution in [0.5, 0.6) is 0 Å². The first-order valence-electron chi connectivity index (χ1n) is 23.0. The molecule has 310 valence electrons. The minimum absolute atomic E-state index is 0.974. The van der Waals surface area contributed by atoms with Gasteiger partial charge in [-0.3, -0.25) is 0 Å². The Morgan fingerprint density at radius 3 is 1.65 bits per heavy atom. The summed E-state index contributed by atoms with van der Waals surface area (Å²) in [5.74, 6) is 0. The predicted molar refractivity (Wildman–Crippen MR) is 279 cm³/mol. The van der Waals surface area contributed by atoms with E-state index in [0.29, 0.717) is 0 Å². The maximum absolute atomic E-state index is 2.45. The van der Waals surface area contributed by atoms with Crippen LogP contribution in [0.15, 0.2) is 212 Å². The number of hydrogen-bond acceptors (Lipinski definition) is 1. The molecule has 0 saturated heterocycles. The summed E-state index contributed by atoms with van der Waals surface area (Å²) < 4.78 is 5.11. The Bertz CT molecular complexity index is 3600. The average molecular weight is 850 g/mol. The number of rotatable bonds is 6. The van der Waals surface area contributed by atoms with Gasteiger partial charge in [-0.15, -0.1) is 11.3 Å². The molecule has 0 spiro atoms. The largest absolute Gasteiger partial charge is 0.310 e. The SMILES string of the molecule is C1=Cc2c(c3ccccc3n2-c2cccc(-c3cccc(-c4ccc5c(c4)-c4cc(-c6ccc7sc8ccc(-c9ccccc9)cc8c7c6)ccc4C5)c3)c2)CC1.CCc1ccccc1. The van der Waals surface area contributed by atoms with Gasteiger partial charge in [0, 0.05) is 36.9 Å². The van der Waals surface area contributed by atoms with Crippen LogP contribution in [0.3, 0.4) is 0 Å². The average Bonchev–Trinajstić information content (AvgIpc) is 4.05. The molecule has 1 nitrogen and oxygen atoms in total. The van der Waals surface area contributed by atoms with Gasteiger partial charge in [-0.2, -0.15) is 0 Å². The van der Waals surface area contributed by atoms with Crippen molar-refractivity contribution < 1.29 is 0 Å². The number of thiophene rings is 1. The van der Waals surface area contributed by atoms with Crippen LogP contribution in [0, 0.1) is 0 Å². The monoisotopic (exact) mass is 849 g/mol. The molecule has 13 rings (SSSR count). The molecule has 0 fully saturated rings. The molecule has 2 aliphatic rings. The van der Waals surface area contributed by atoms with Crippen LogP contribution in [0.25, 0.3) is 98.5 Å². The van der Waals surface area contributed by atoms with Gasteiger partial charge in [0.05, 0.1) is 5.52 Å². The van der Waals surface area contributed by atoms with Gasteiger partial charge in [0.1, 0.15) is 0 Å². The van der Waals surface area contributed by atoms with Crippen LogP contribution < -0.4 is 0 Å². The van der Waals surface area contributed by atoms with E-state index < -0.39 is 0 Å². The number of benzene rings is 9. The summed E-state index contributed by atoms with van der Waals surface area (Å²) in [6, 6.07) is 76.2. The number of aryl methyl sites for hydroxylation is 2. The Hall–Kier alpha value is -7.52. The molecule has 0 atom stereocenters. The zero-order valence-corrected chi connectivity index (χ0v) is 37.3. The van der Waals surface area contributed by atoms with Crippen molar-refractivity contribution in [1.29, 1.82) is 0 Å². The lowest BCUT2D eigenvalue weighted by Gasteiger charge is -2.14. The number of para-hydroxylation sites is 1. The normalized spacial score (nSPS) is 12.5. The maximum atomic E-state index is 2.45. The van der Waals surface area contributed by atoms with Crippen LogP contribution in [-0.4, -0.2) is 4.57 Å². The molecule has 2 aliphatic carbocycles. The second-order valence-electron chi connectivity index (χ2n) is 17.4. The van der Waals surface area contributed by atoms with E-state index in [1.54, 1.807) is 0 Å². The van der Waals surface area contributed by atoms with Crippen molar-refractivity contribution in [3.8, 4) is 61.3 Å². The summed E-state index contributed by atoms with van der Waals surface area (Å²) in [6.45, 7) is 2.16. The summed E-state index contributed by atoms with van der Waals surface area (Å²) in [7, 11) is 0. The minimum Gasteiger partial charge on any atom is -0.310 e. The van der Waals surface area contributed by atoms with Gasteiger partial charge in [-0.25, -0.2) is 0 Å². The van der Waals surface area contributed by atoms with Crippen LogP contribution >= 0.6 is 11.3 Å². The number of hydrogen-bond donors (Lipinski definition) is 0. The van der Waals surface area contributed by atoms with E-state index in [0.717, 1.165) is 25.7 Å². The van der Waals surface area contributed by atoms with Gasteiger partial charge < -0.3 is 4.57 Å². The molecule has 0 bridgehead atoms. The van der Waals surface area contributed by atoms with Gasteiger partial charge in [-0.1, -0.05) is 159 Å². The zero-order chi connectivity index (χ0) is 43.3. The molecule has 2 aromatic heterocycles. The van der Waals surface area contributed by atoms with Crippen molar-refractivity contribution in [3.63, 3.8) is 0 Å². The van der Waals surface area contributed by atoms with Gasteiger partial charge in [0.25, 0.3) is 0 Å². The lowest BCUT2D eigenvalue weighted by atomic mass is 9.94. The Balaban J connectivity index is 0.000000505. The molecule has 0 N–H and O–H groups in total. The zero-order valence-electron chi connectivity index (χ0n) is 36.5. The second kappa shape index (κ2) is 16.6. The third kappa shape index (κ3) is 7.21. The standard InChI is InChI=1S/C55H37NS.C8H10/c1-2-10-35(11-3-1)39-24-26-54-50(33-39)51-34-42(25-27-55(51)57-54)41-21-23-44-29-43-22-20-40(31-48(43)49(44)32-41)37-13-8-12-36(28-37)38-14-9-15-45(30-38)56-52-18-6-4-16-46(52)47-17-5-7-19-53(47)56;1-2-8-6-4-3-5-7-8/h1-4,6-16,18-28,30-34H,5,17,29H2;3-7H,2H2,1H3. The van der Waals surface area contributed by atoms with Crippen molar-refractivity contribution >= 4 is 48.5 Å². The van der Waals surface area contributed by atoms with Gasteiger partial charge in [-0.05, 0) is 170 Å². The summed E-state index contributed by atoms with van der Waals surface area (Å²) in [5, 5.41) is 4.03. The Morgan fingerprint density at radius 2 is 0.985 bits per heavy atom. The number of allylic oxidation sites excluding steroid dienone is 1.